The van der Waals surface area contributed by atoms with Crippen molar-refractivity contribution < 1.29 is 13.5 Å². The Morgan fingerprint density at radius 1 is 1.40 bits per heavy atom. The maximum Gasteiger partial charge on any atom is 0.235 e. The van der Waals surface area contributed by atoms with Crippen LogP contribution in [0.1, 0.15) is 25.7 Å². The Morgan fingerprint density at radius 2 is 2.13 bits per heavy atom. The molecule has 1 aliphatic heterocycles. The monoisotopic (exact) mass is 233 g/mol. The van der Waals surface area contributed by atoms with Crippen molar-refractivity contribution in [3.05, 3.63) is 12.0 Å². The van der Waals surface area contributed by atoms with Crippen LogP contribution in [-0.2, 0) is 10.0 Å². The third-order valence-electron chi connectivity index (χ3n) is 2.91. The van der Waals surface area contributed by atoms with Gasteiger partial charge < -0.3 is 5.11 Å². The van der Waals surface area contributed by atoms with E-state index < -0.39 is 10.0 Å². The van der Waals surface area contributed by atoms with Gasteiger partial charge in [-0.1, -0.05) is 6.58 Å². The fourth-order valence-corrected chi connectivity index (χ4v) is 2.92. The summed E-state index contributed by atoms with van der Waals surface area (Å²) < 4.78 is 24.5. The van der Waals surface area contributed by atoms with Gasteiger partial charge in [0.05, 0.1) is 0 Å². The summed E-state index contributed by atoms with van der Waals surface area (Å²) in [5.41, 5.74) is 0. The molecule has 1 saturated heterocycles. The van der Waals surface area contributed by atoms with E-state index in [-0.39, 0.29) is 6.61 Å². The van der Waals surface area contributed by atoms with Gasteiger partial charge in [-0.15, -0.1) is 0 Å². The van der Waals surface area contributed by atoms with Gasteiger partial charge in [0.25, 0.3) is 0 Å². The van der Waals surface area contributed by atoms with E-state index in [0.29, 0.717) is 19.0 Å². The molecule has 1 fully saturated rings. The summed E-state index contributed by atoms with van der Waals surface area (Å²) in [6, 6.07) is 0. The van der Waals surface area contributed by atoms with Gasteiger partial charge in [0.1, 0.15) is 0 Å². The molecule has 4 nitrogen and oxygen atoms in total. The summed E-state index contributed by atoms with van der Waals surface area (Å²) in [5, 5.41) is 9.85. The zero-order valence-electron chi connectivity index (χ0n) is 8.93. The highest BCUT2D eigenvalue weighted by atomic mass is 32.2. The topological polar surface area (TPSA) is 57.6 Å². The van der Waals surface area contributed by atoms with Crippen molar-refractivity contribution in [2.75, 3.05) is 19.7 Å². The summed E-state index contributed by atoms with van der Waals surface area (Å²) in [5.74, 6) is 0.458. The van der Waals surface area contributed by atoms with Crippen LogP contribution in [-0.4, -0.2) is 37.5 Å². The van der Waals surface area contributed by atoms with Crippen molar-refractivity contribution in [1.29, 1.82) is 0 Å². The van der Waals surface area contributed by atoms with Crippen molar-refractivity contribution in [1.82, 2.24) is 4.31 Å². The second-order valence-electron chi connectivity index (χ2n) is 3.92. The maximum absolute atomic E-state index is 11.5. The molecule has 1 aliphatic rings. The van der Waals surface area contributed by atoms with Crippen LogP contribution < -0.4 is 0 Å². The van der Waals surface area contributed by atoms with E-state index >= 15 is 0 Å². The number of aliphatic hydroxyl groups excluding tert-OH is 1. The lowest BCUT2D eigenvalue weighted by atomic mass is 9.98. The van der Waals surface area contributed by atoms with E-state index in [4.69, 9.17) is 5.11 Å². The zero-order chi connectivity index (χ0) is 11.3. The minimum absolute atomic E-state index is 0.193. The van der Waals surface area contributed by atoms with Crippen molar-refractivity contribution in [2.24, 2.45) is 5.92 Å². The van der Waals surface area contributed by atoms with E-state index in [1.54, 1.807) is 0 Å². The molecule has 1 atom stereocenters. The van der Waals surface area contributed by atoms with Crippen LogP contribution in [0.3, 0.4) is 0 Å². The molecule has 0 aromatic heterocycles. The van der Waals surface area contributed by atoms with Gasteiger partial charge in [0, 0.05) is 25.1 Å². The smallest absolute Gasteiger partial charge is 0.235 e. The minimum Gasteiger partial charge on any atom is -0.396 e. The molecule has 1 N–H and O–H groups in total. The Morgan fingerprint density at radius 3 is 2.73 bits per heavy atom. The van der Waals surface area contributed by atoms with Crippen molar-refractivity contribution >= 4 is 10.0 Å². The lowest BCUT2D eigenvalue weighted by Gasteiger charge is -2.17. The van der Waals surface area contributed by atoms with Crippen LogP contribution in [0.5, 0.6) is 0 Å². The summed E-state index contributed by atoms with van der Waals surface area (Å²) in [6.45, 7) is 4.65. The highest BCUT2D eigenvalue weighted by molar-refractivity contribution is 7.92. The Hall–Kier alpha value is -0.390. The fraction of sp³-hybridized carbons (Fsp3) is 0.800. The SMILES string of the molecule is C=CS(=O)(=O)N1CCCC(CCO)CC1. The molecule has 1 rings (SSSR count). The number of rotatable bonds is 4. The zero-order valence-corrected chi connectivity index (χ0v) is 9.75. The lowest BCUT2D eigenvalue weighted by molar-refractivity contribution is 0.248. The molecule has 0 aliphatic carbocycles. The number of sulfonamides is 1. The molecule has 0 saturated carbocycles. The molecule has 1 heterocycles. The molecule has 15 heavy (non-hydrogen) atoms. The summed E-state index contributed by atoms with van der Waals surface area (Å²) in [6.07, 6.45) is 3.50. The third kappa shape index (κ3) is 3.59. The normalized spacial score (nSPS) is 24.7. The summed E-state index contributed by atoms with van der Waals surface area (Å²) in [4.78, 5) is 0. The van der Waals surface area contributed by atoms with E-state index in [2.05, 4.69) is 6.58 Å². The summed E-state index contributed by atoms with van der Waals surface area (Å²) >= 11 is 0. The molecule has 0 aromatic carbocycles. The predicted octanol–water partition coefficient (Wildman–Crippen LogP) is 0.944. The average Bonchev–Trinajstić information content (AvgIpc) is 2.44. The minimum atomic E-state index is -3.25. The summed E-state index contributed by atoms with van der Waals surface area (Å²) in [7, 11) is -3.25. The van der Waals surface area contributed by atoms with Crippen molar-refractivity contribution in [3.8, 4) is 0 Å². The molecule has 1 unspecified atom stereocenters. The van der Waals surface area contributed by atoms with Crippen molar-refractivity contribution in [3.63, 3.8) is 0 Å². The first-order valence-corrected chi connectivity index (χ1v) is 6.84. The van der Waals surface area contributed by atoms with Crippen molar-refractivity contribution in [2.45, 2.75) is 25.7 Å². The molecular weight excluding hydrogens is 214 g/mol. The van der Waals surface area contributed by atoms with Gasteiger partial charge >= 0.3 is 0 Å². The van der Waals surface area contributed by atoms with Gasteiger partial charge in [0.2, 0.25) is 10.0 Å². The first-order valence-electron chi connectivity index (χ1n) is 5.33. The second-order valence-corrected chi connectivity index (χ2v) is 5.80. The number of hydrogen-bond donors (Lipinski definition) is 1. The molecule has 0 spiro atoms. The van der Waals surface area contributed by atoms with Crippen LogP contribution in [0.15, 0.2) is 12.0 Å². The second kappa shape index (κ2) is 5.63. The van der Waals surface area contributed by atoms with Gasteiger partial charge in [-0.3, -0.25) is 0 Å². The van der Waals surface area contributed by atoms with E-state index in [1.807, 2.05) is 0 Å². The quantitative estimate of drug-likeness (QED) is 0.786. The molecular formula is C10H19NO3S. The van der Waals surface area contributed by atoms with Crippen LogP contribution in [0.4, 0.5) is 0 Å². The Bertz CT molecular complexity index is 300. The molecule has 88 valence electrons. The van der Waals surface area contributed by atoms with E-state index in [1.165, 1.54) is 4.31 Å². The van der Waals surface area contributed by atoms with Gasteiger partial charge in [-0.05, 0) is 31.6 Å². The van der Waals surface area contributed by atoms with E-state index in [0.717, 1.165) is 31.1 Å². The van der Waals surface area contributed by atoms with Gasteiger partial charge in [-0.25, -0.2) is 8.42 Å². The largest absolute Gasteiger partial charge is 0.396 e. The first-order chi connectivity index (χ1) is 7.10. The standard InChI is InChI=1S/C10H19NO3S/c1-2-15(13,14)11-7-3-4-10(5-8-11)6-9-12/h2,10,12H,1,3-9H2. The lowest BCUT2D eigenvalue weighted by Crippen LogP contribution is -2.30. The predicted molar refractivity (Wildman–Crippen MR) is 59.7 cm³/mol. The van der Waals surface area contributed by atoms with E-state index in [9.17, 15) is 8.42 Å². The molecule has 0 radical (unpaired) electrons. The fourth-order valence-electron chi connectivity index (χ4n) is 1.97. The Kier molecular flexibility index (Phi) is 4.76. The van der Waals surface area contributed by atoms with Crippen LogP contribution in [0, 0.1) is 5.92 Å². The van der Waals surface area contributed by atoms with Crippen LogP contribution >= 0.6 is 0 Å². The maximum atomic E-state index is 11.5. The number of hydrogen-bond acceptors (Lipinski definition) is 3. The Balaban J connectivity index is 2.56. The number of nitrogens with zero attached hydrogens (tertiary/aromatic N) is 1. The van der Waals surface area contributed by atoms with Crippen LogP contribution in [0.25, 0.3) is 0 Å². The highest BCUT2D eigenvalue weighted by Crippen LogP contribution is 2.22. The number of aliphatic hydroxyl groups is 1. The average molecular weight is 233 g/mol. The van der Waals surface area contributed by atoms with Gasteiger partial charge in [0.15, 0.2) is 0 Å². The first kappa shape index (κ1) is 12.7. The molecule has 0 bridgehead atoms. The molecule has 5 heteroatoms. The van der Waals surface area contributed by atoms with Gasteiger partial charge in [-0.2, -0.15) is 4.31 Å². The third-order valence-corrected chi connectivity index (χ3v) is 4.42. The van der Waals surface area contributed by atoms with Crippen LogP contribution in [0.2, 0.25) is 0 Å². The highest BCUT2D eigenvalue weighted by Gasteiger charge is 2.23. The molecule has 0 aromatic rings. The Labute approximate surface area is 91.6 Å². The molecule has 0 amide bonds.